The van der Waals surface area contributed by atoms with Gasteiger partial charge in [-0.05, 0) is 35.4 Å². The van der Waals surface area contributed by atoms with Crippen LogP contribution in [-0.4, -0.2) is 5.78 Å². The van der Waals surface area contributed by atoms with Gasteiger partial charge in [-0.15, -0.1) is 0 Å². The van der Waals surface area contributed by atoms with Crippen LogP contribution < -0.4 is 0 Å². The van der Waals surface area contributed by atoms with Crippen LogP contribution in [0.4, 0.5) is 13.2 Å². The highest BCUT2D eigenvalue weighted by Crippen LogP contribution is 2.33. The molecule has 0 radical (unpaired) electrons. The van der Waals surface area contributed by atoms with Crippen molar-refractivity contribution in [1.29, 1.82) is 0 Å². The lowest BCUT2D eigenvalue weighted by Gasteiger charge is -2.10. The Morgan fingerprint density at radius 2 is 1.56 bits per heavy atom. The minimum atomic E-state index is -4.38. The van der Waals surface area contributed by atoms with Gasteiger partial charge in [-0.25, -0.2) is 0 Å². The third-order valence-electron chi connectivity index (χ3n) is 2.47. The number of hydrogen-bond donors (Lipinski definition) is 0. The molecule has 1 aliphatic carbocycles. The summed E-state index contributed by atoms with van der Waals surface area (Å²) in [5.41, 5.74) is -0.0360. The SMILES string of the molecule is O=C1C=CC(=Cc2ccccc2C(F)(F)F)C=C1. The predicted molar refractivity (Wildman–Crippen MR) is 62.7 cm³/mol. The fourth-order valence-corrected chi connectivity index (χ4v) is 1.62. The van der Waals surface area contributed by atoms with Gasteiger partial charge in [0.1, 0.15) is 0 Å². The molecule has 1 aromatic rings. The Morgan fingerprint density at radius 1 is 0.944 bits per heavy atom. The summed E-state index contributed by atoms with van der Waals surface area (Å²) < 4.78 is 38.2. The second kappa shape index (κ2) is 4.64. The van der Waals surface area contributed by atoms with Crippen molar-refractivity contribution in [1.82, 2.24) is 0 Å². The number of halogens is 3. The quantitative estimate of drug-likeness (QED) is 0.741. The fraction of sp³-hybridized carbons (Fsp3) is 0.0714. The molecule has 0 atom stereocenters. The topological polar surface area (TPSA) is 17.1 Å². The highest BCUT2D eigenvalue weighted by atomic mass is 19.4. The molecule has 0 unspecified atom stereocenters. The van der Waals surface area contributed by atoms with E-state index in [-0.39, 0.29) is 11.3 Å². The number of allylic oxidation sites excluding steroid dienone is 5. The van der Waals surface area contributed by atoms with Crippen molar-refractivity contribution in [2.75, 3.05) is 0 Å². The van der Waals surface area contributed by atoms with E-state index >= 15 is 0 Å². The molecule has 92 valence electrons. The lowest BCUT2D eigenvalue weighted by atomic mass is 10.0. The summed E-state index contributed by atoms with van der Waals surface area (Å²) in [6.07, 6.45) is 2.66. The van der Waals surface area contributed by atoms with Gasteiger partial charge in [-0.3, -0.25) is 4.79 Å². The Morgan fingerprint density at radius 3 is 2.17 bits per heavy atom. The van der Waals surface area contributed by atoms with Crippen LogP contribution in [0.15, 0.2) is 54.1 Å². The van der Waals surface area contributed by atoms with Crippen LogP contribution in [0.1, 0.15) is 11.1 Å². The maximum atomic E-state index is 12.7. The molecule has 1 aromatic carbocycles. The lowest BCUT2D eigenvalue weighted by Crippen LogP contribution is -2.07. The van der Waals surface area contributed by atoms with E-state index in [0.29, 0.717) is 5.57 Å². The first-order valence-electron chi connectivity index (χ1n) is 5.25. The van der Waals surface area contributed by atoms with E-state index in [9.17, 15) is 18.0 Å². The predicted octanol–water partition coefficient (Wildman–Crippen LogP) is 3.78. The van der Waals surface area contributed by atoms with Gasteiger partial charge in [0.25, 0.3) is 0 Å². The number of alkyl halides is 3. The average molecular weight is 250 g/mol. The van der Waals surface area contributed by atoms with Crippen molar-refractivity contribution in [2.45, 2.75) is 6.18 Å². The van der Waals surface area contributed by atoms with Gasteiger partial charge in [-0.2, -0.15) is 13.2 Å². The van der Waals surface area contributed by atoms with Crippen molar-refractivity contribution in [2.24, 2.45) is 0 Å². The second-order valence-electron chi connectivity index (χ2n) is 3.80. The molecule has 18 heavy (non-hydrogen) atoms. The second-order valence-corrected chi connectivity index (χ2v) is 3.80. The summed E-state index contributed by atoms with van der Waals surface area (Å²) in [6.45, 7) is 0. The number of carbonyl (C=O) groups is 1. The molecule has 0 amide bonds. The van der Waals surface area contributed by atoms with Gasteiger partial charge in [0.05, 0.1) is 5.56 Å². The van der Waals surface area contributed by atoms with E-state index < -0.39 is 11.7 Å². The van der Waals surface area contributed by atoms with Gasteiger partial charge >= 0.3 is 6.18 Å². The Hall–Kier alpha value is -2.10. The molecule has 0 bridgehead atoms. The number of rotatable bonds is 1. The van der Waals surface area contributed by atoms with Crippen LogP contribution in [0.5, 0.6) is 0 Å². The molecule has 0 heterocycles. The van der Waals surface area contributed by atoms with E-state index in [1.807, 2.05) is 0 Å². The summed E-state index contributed by atoms with van der Waals surface area (Å²) in [5, 5.41) is 0. The molecule has 4 heteroatoms. The number of benzene rings is 1. The number of ketones is 1. The first-order valence-corrected chi connectivity index (χ1v) is 5.25. The molecule has 2 rings (SSSR count). The standard InChI is InChI=1S/C14H9F3O/c15-14(16,17)13-4-2-1-3-11(13)9-10-5-7-12(18)8-6-10/h1-9H. The van der Waals surface area contributed by atoms with Crippen LogP contribution in [0.3, 0.4) is 0 Å². The zero-order chi connectivity index (χ0) is 13.2. The summed E-state index contributed by atoms with van der Waals surface area (Å²) in [7, 11) is 0. The molecule has 0 fully saturated rings. The number of carbonyl (C=O) groups excluding carboxylic acids is 1. The third-order valence-corrected chi connectivity index (χ3v) is 2.47. The van der Waals surface area contributed by atoms with Crippen LogP contribution in [0.2, 0.25) is 0 Å². The van der Waals surface area contributed by atoms with Crippen molar-refractivity contribution in [3.8, 4) is 0 Å². The first-order chi connectivity index (χ1) is 8.47. The molecule has 0 aromatic heterocycles. The average Bonchev–Trinajstić information content (AvgIpc) is 2.31. The molecule has 1 nitrogen and oxygen atoms in total. The van der Waals surface area contributed by atoms with Crippen molar-refractivity contribution < 1.29 is 18.0 Å². The van der Waals surface area contributed by atoms with Crippen LogP contribution in [-0.2, 0) is 11.0 Å². The summed E-state index contributed by atoms with van der Waals surface area (Å²) in [5.74, 6) is -0.170. The van der Waals surface area contributed by atoms with Crippen molar-refractivity contribution in [3.63, 3.8) is 0 Å². The van der Waals surface area contributed by atoms with Gasteiger partial charge < -0.3 is 0 Å². The minimum Gasteiger partial charge on any atom is -0.290 e. The molecule has 0 saturated heterocycles. The zero-order valence-corrected chi connectivity index (χ0v) is 9.24. The fourth-order valence-electron chi connectivity index (χ4n) is 1.62. The molecule has 0 N–H and O–H groups in total. The summed E-state index contributed by atoms with van der Waals surface area (Å²) in [4.78, 5) is 10.9. The molecular formula is C14H9F3O. The highest BCUT2D eigenvalue weighted by Gasteiger charge is 2.32. The molecule has 0 spiro atoms. The molecule has 0 aliphatic heterocycles. The first kappa shape index (κ1) is 12.4. The van der Waals surface area contributed by atoms with Crippen LogP contribution in [0, 0.1) is 0 Å². The maximum Gasteiger partial charge on any atom is 0.416 e. The van der Waals surface area contributed by atoms with E-state index in [1.165, 1.54) is 42.5 Å². The van der Waals surface area contributed by atoms with Crippen molar-refractivity contribution in [3.05, 3.63) is 65.3 Å². The number of hydrogen-bond acceptors (Lipinski definition) is 1. The Balaban J connectivity index is 2.42. The highest BCUT2D eigenvalue weighted by molar-refractivity contribution is 6.01. The Labute approximate surface area is 102 Å². The maximum absolute atomic E-state index is 12.7. The van der Waals surface area contributed by atoms with Crippen LogP contribution >= 0.6 is 0 Å². The van der Waals surface area contributed by atoms with Gasteiger partial charge in [0.2, 0.25) is 0 Å². The largest absolute Gasteiger partial charge is 0.416 e. The van der Waals surface area contributed by atoms with E-state index in [1.54, 1.807) is 6.07 Å². The summed E-state index contributed by atoms with van der Waals surface area (Å²) in [6, 6.07) is 5.33. The summed E-state index contributed by atoms with van der Waals surface area (Å²) >= 11 is 0. The Kier molecular flexibility index (Phi) is 3.19. The molecular weight excluding hydrogens is 241 g/mol. The molecule has 0 saturated carbocycles. The van der Waals surface area contributed by atoms with Gasteiger partial charge in [0, 0.05) is 0 Å². The zero-order valence-electron chi connectivity index (χ0n) is 9.24. The minimum absolute atomic E-state index is 0.0867. The van der Waals surface area contributed by atoms with Crippen LogP contribution in [0.25, 0.3) is 6.08 Å². The normalized spacial score (nSPS) is 15.1. The Bertz CT molecular complexity index is 545. The smallest absolute Gasteiger partial charge is 0.290 e. The van der Waals surface area contributed by atoms with Gasteiger partial charge in [-0.1, -0.05) is 30.4 Å². The third kappa shape index (κ3) is 2.77. The van der Waals surface area contributed by atoms with E-state index in [4.69, 9.17) is 0 Å². The van der Waals surface area contributed by atoms with E-state index in [0.717, 1.165) is 6.07 Å². The van der Waals surface area contributed by atoms with Crippen molar-refractivity contribution >= 4 is 11.9 Å². The lowest BCUT2D eigenvalue weighted by molar-refractivity contribution is -0.137. The van der Waals surface area contributed by atoms with E-state index in [2.05, 4.69) is 0 Å². The molecule has 1 aliphatic rings. The monoisotopic (exact) mass is 250 g/mol. The van der Waals surface area contributed by atoms with Gasteiger partial charge in [0.15, 0.2) is 5.78 Å².